The molecule has 2 aliphatic rings. The number of nitrogens with zero attached hydrogens (tertiary/aromatic N) is 3. The van der Waals surface area contributed by atoms with Gasteiger partial charge in [-0.2, -0.15) is 9.97 Å². The fraction of sp³-hybridized carbons (Fsp3) is 0.714. The number of aromatic nitrogens is 2. The normalized spacial score (nSPS) is 23.3. The maximum Gasteiger partial charge on any atom is 0.353 e. The minimum absolute atomic E-state index is 0.0316. The van der Waals surface area contributed by atoms with Crippen molar-refractivity contribution < 1.29 is 14.4 Å². The summed E-state index contributed by atoms with van der Waals surface area (Å²) in [4.78, 5) is 18.9. The van der Waals surface area contributed by atoms with Gasteiger partial charge in [0.15, 0.2) is 0 Å². The Morgan fingerprint density at radius 1 is 1.12 bits per heavy atom. The molecular formula is C14H22N6O4. The predicted molar refractivity (Wildman–Crippen MR) is 88.0 cm³/mol. The molecule has 0 unspecified atom stereocenters. The van der Waals surface area contributed by atoms with E-state index in [0.717, 1.165) is 32.3 Å². The quantitative estimate of drug-likeness (QED) is 0.493. The summed E-state index contributed by atoms with van der Waals surface area (Å²) in [5, 5.41) is 17.3. The van der Waals surface area contributed by atoms with E-state index in [1.807, 2.05) is 0 Å². The molecule has 4 N–H and O–H groups in total. The second kappa shape index (κ2) is 7.58. The molecule has 0 amide bonds. The highest BCUT2D eigenvalue weighted by molar-refractivity contribution is 5.69. The van der Waals surface area contributed by atoms with Crippen LogP contribution in [0.5, 0.6) is 0 Å². The Bertz CT molecular complexity index is 587. The van der Waals surface area contributed by atoms with Gasteiger partial charge in [-0.1, -0.05) is 0 Å². The maximum absolute atomic E-state index is 11.3. The molecule has 132 valence electrons. The molecular weight excluding hydrogens is 316 g/mol. The first kappa shape index (κ1) is 16.7. The molecule has 2 aliphatic heterocycles. The van der Waals surface area contributed by atoms with Gasteiger partial charge in [0, 0.05) is 26.3 Å². The highest BCUT2D eigenvalue weighted by Gasteiger charge is 2.25. The Morgan fingerprint density at radius 2 is 1.75 bits per heavy atom. The molecule has 0 bridgehead atoms. The van der Waals surface area contributed by atoms with Gasteiger partial charge in [0.1, 0.15) is 0 Å². The molecule has 0 radical (unpaired) electrons. The molecule has 24 heavy (non-hydrogen) atoms. The lowest BCUT2D eigenvalue weighted by molar-refractivity contribution is -0.383. The van der Waals surface area contributed by atoms with E-state index in [2.05, 4.69) is 20.6 Å². The first-order chi connectivity index (χ1) is 11.6. The number of rotatable bonds is 7. The summed E-state index contributed by atoms with van der Waals surface area (Å²) in [6.07, 6.45) is 4.06. The van der Waals surface area contributed by atoms with Crippen molar-refractivity contribution in [1.82, 2.24) is 9.97 Å². The third-order valence-corrected chi connectivity index (χ3v) is 4.13. The van der Waals surface area contributed by atoms with Crippen molar-refractivity contribution in [2.45, 2.75) is 37.9 Å². The van der Waals surface area contributed by atoms with Crippen molar-refractivity contribution in [2.24, 2.45) is 0 Å². The topological polar surface area (TPSA) is 137 Å². The fourth-order valence-electron chi connectivity index (χ4n) is 2.88. The predicted octanol–water partition coefficient (Wildman–Crippen LogP) is 1.15. The van der Waals surface area contributed by atoms with Crippen LogP contribution in [0.2, 0.25) is 0 Å². The van der Waals surface area contributed by atoms with Gasteiger partial charge in [0.25, 0.3) is 0 Å². The molecule has 0 spiro atoms. The Kier molecular flexibility index (Phi) is 5.26. The molecule has 10 nitrogen and oxygen atoms in total. The number of nitrogens with one attached hydrogen (secondary N) is 2. The summed E-state index contributed by atoms with van der Waals surface area (Å²) < 4.78 is 11.0. The van der Waals surface area contributed by atoms with E-state index in [9.17, 15) is 10.1 Å². The molecule has 10 heteroatoms. The number of nitrogen functional groups attached to an aromatic ring is 1. The van der Waals surface area contributed by atoms with Gasteiger partial charge in [0.05, 0.1) is 17.1 Å². The Hall–Kier alpha value is -2.20. The van der Waals surface area contributed by atoms with Crippen LogP contribution in [0.15, 0.2) is 0 Å². The zero-order valence-corrected chi connectivity index (χ0v) is 13.4. The number of hydrogen-bond donors (Lipinski definition) is 3. The lowest BCUT2D eigenvalue weighted by Crippen LogP contribution is -2.22. The van der Waals surface area contributed by atoms with Gasteiger partial charge >= 0.3 is 5.69 Å². The summed E-state index contributed by atoms with van der Waals surface area (Å²) >= 11 is 0. The molecule has 0 saturated carbocycles. The van der Waals surface area contributed by atoms with Crippen molar-refractivity contribution in [2.75, 3.05) is 42.7 Å². The van der Waals surface area contributed by atoms with Crippen molar-refractivity contribution in [3.05, 3.63) is 10.1 Å². The fourth-order valence-corrected chi connectivity index (χ4v) is 2.88. The lowest BCUT2D eigenvalue weighted by Gasteiger charge is -2.14. The van der Waals surface area contributed by atoms with Crippen LogP contribution in [0, 0.1) is 10.1 Å². The molecule has 3 rings (SSSR count). The van der Waals surface area contributed by atoms with Gasteiger partial charge in [-0.25, -0.2) is 0 Å². The lowest BCUT2D eigenvalue weighted by atomic mass is 10.2. The van der Waals surface area contributed by atoms with Gasteiger partial charge in [0.2, 0.25) is 17.6 Å². The van der Waals surface area contributed by atoms with Crippen LogP contribution in [0.25, 0.3) is 0 Å². The average molecular weight is 338 g/mol. The largest absolute Gasteiger partial charge is 0.378 e. The zero-order valence-electron chi connectivity index (χ0n) is 13.4. The third kappa shape index (κ3) is 4.01. The minimum atomic E-state index is -0.572. The van der Waals surface area contributed by atoms with Gasteiger partial charge < -0.3 is 25.8 Å². The number of anilines is 3. The van der Waals surface area contributed by atoms with Gasteiger partial charge in [-0.3, -0.25) is 10.1 Å². The zero-order chi connectivity index (χ0) is 16.9. The second-order valence-corrected chi connectivity index (χ2v) is 5.92. The monoisotopic (exact) mass is 338 g/mol. The molecule has 2 saturated heterocycles. The van der Waals surface area contributed by atoms with Crippen LogP contribution < -0.4 is 16.4 Å². The SMILES string of the molecule is Nc1nc(NC[C@@H]2CCCO2)nc(NC[C@@H]2CCCO2)c1[N+](=O)[O-]. The van der Waals surface area contributed by atoms with E-state index < -0.39 is 4.92 Å². The Balaban J connectivity index is 1.70. The summed E-state index contributed by atoms with van der Waals surface area (Å²) in [6, 6.07) is 0. The molecule has 2 atom stereocenters. The van der Waals surface area contributed by atoms with E-state index in [0.29, 0.717) is 19.7 Å². The first-order valence-corrected chi connectivity index (χ1v) is 8.16. The van der Waals surface area contributed by atoms with Crippen LogP contribution in [-0.4, -0.2) is 53.4 Å². The van der Waals surface area contributed by atoms with Gasteiger partial charge in [-0.15, -0.1) is 0 Å². The van der Waals surface area contributed by atoms with Crippen molar-refractivity contribution in [1.29, 1.82) is 0 Å². The summed E-state index contributed by atoms with van der Waals surface area (Å²) in [5.74, 6) is 0.195. The Morgan fingerprint density at radius 3 is 2.29 bits per heavy atom. The molecule has 1 aromatic rings. The van der Waals surface area contributed by atoms with Crippen molar-refractivity contribution in [3.8, 4) is 0 Å². The van der Waals surface area contributed by atoms with Crippen LogP contribution >= 0.6 is 0 Å². The maximum atomic E-state index is 11.3. The highest BCUT2D eigenvalue weighted by atomic mass is 16.6. The van der Waals surface area contributed by atoms with E-state index >= 15 is 0 Å². The smallest absolute Gasteiger partial charge is 0.353 e. The van der Waals surface area contributed by atoms with E-state index in [-0.39, 0.29) is 35.5 Å². The molecule has 1 aromatic heterocycles. The van der Waals surface area contributed by atoms with Gasteiger partial charge in [-0.05, 0) is 25.7 Å². The van der Waals surface area contributed by atoms with E-state index in [1.165, 1.54) is 0 Å². The third-order valence-electron chi connectivity index (χ3n) is 4.13. The average Bonchev–Trinajstić information content (AvgIpc) is 3.23. The summed E-state index contributed by atoms with van der Waals surface area (Å²) in [7, 11) is 0. The van der Waals surface area contributed by atoms with Crippen molar-refractivity contribution in [3.63, 3.8) is 0 Å². The second-order valence-electron chi connectivity index (χ2n) is 5.92. The Labute approximate surface area is 139 Å². The minimum Gasteiger partial charge on any atom is -0.378 e. The molecule has 3 heterocycles. The van der Waals surface area contributed by atoms with Crippen LogP contribution in [0.4, 0.5) is 23.3 Å². The molecule has 0 aromatic carbocycles. The molecule has 2 fully saturated rings. The number of hydrogen-bond acceptors (Lipinski definition) is 9. The molecule has 0 aliphatic carbocycles. The summed E-state index contributed by atoms with van der Waals surface area (Å²) in [6.45, 7) is 2.46. The van der Waals surface area contributed by atoms with Crippen molar-refractivity contribution >= 4 is 23.3 Å². The van der Waals surface area contributed by atoms with Crippen LogP contribution in [0.3, 0.4) is 0 Å². The summed E-state index contributed by atoms with van der Waals surface area (Å²) in [5.41, 5.74) is 5.45. The van der Waals surface area contributed by atoms with E-state index in [4.69, 9.17) is 15.2 Å². The highest BCUT2D eigenvalue weighted by Crippen LogP contribution is 2.29. The van der Waals surface area contributed by atoms with Crippen LogP contribution in [0.1, 0.15) is 25.7 Å². The standard InChI is InChI=1S/C14H22N6O4/c15-12-11(20(21)22)13(16-7-9-3-1-5-23-9)19-14(18-12)17-8-10-4-2-6-24-10/h9-10H,1-8H2,(H4,15,16,17,18,19)/t9-,10-/m0/s1. The number of nitrogens with two attached hydrogens (primary N) is 1. The van der Waals surface area contributed by atoms with E-state index in [1.54, 1.807) is 0 Å². The number of nitro groups is 1. The first-order valence-electron chi connectivity index (χ1n) is 8.16. The number of ether oxygens (including phenoxy) is 2. The van der Waals surface area contributed by atoms with Crippen LogP contribution in [-0.2, 0) is 9.47 Å².